The number of methoxy groups -OCH3 is 1. The number of ether oxygens (including phenoxy) is 2. The van der Waals surface area contributed by atoms with Gasteiger partial charge >= 0.3 is 6.09 Å². The van der Waals surface area contributed by atoms with E-state index in [1.807, 2.05) is 0 Å². The van der Waals surface area contributed by atoms with Gasteiger partial charge in [-0.25, -0.2) is 17.9 Å². The number of amides is 2. The van der Waals surface area contributed by atoms with Crippen molar-refractivity contribution in [1.82, 2.24) is 9.71 Å². The smallest absolute Gasteiger partial charge is 0.411 e. The van der Waals surface area contributed by atoms with Crippen LogP contribution in [-0.2, 0) is 19.6 Å². The zero-order valence-electron chi connectivity index (χ0n) is 23.2. The first-order valence-corrected chi connectivity index (χ1v) is 15.0. The van der Waals surface area contributed by atoms with Gasteiger partial charge in [0, 0.05) is 33.9 Å². The molecule has 1 saturated carbocycles. The lowest BCUT2D eigenvalue weighted by Crippen LogP contribution is -2.32. The topological polar surface area (TPSA) is 144 Å². The molecule has 2 amide bonds. The zero-order chi connectivity index (χ0) is 29.9. The van der Waals surface area contributed by atoms with Crippen LogP contribution in [0.5, 0.6) is 5.75 Å². The molecule has 1 aliphatic rings. The van der Waals surface area contributed by atoms with Crippen LogP contribution in [-0.4, -0.2) is 44.9 Å². The first-order chi connectivity index (χ1) is 20.2. The maximum atomic E-state index is 13.5. The summed E-state index contributed by atoms with van der Waals surface area (Å²) in [6, 6.07) is 16.1. The predicted octanol–water partition coefficient (Wildman–Crippen LogP) is 5.43. The lowest BCUT2D eigenvalue weighted by atomic mass is 9.88. The summed E-state index contributed by atoms with van der Waals surface area (Å²) in [6.07, 6.45) is 5.41. The Kier molecular flexibility index (Phi) is 8.30. The van der Waals surface area contributed by atoms with Crippen molar-refractivity contribution in [2.24, 2.45) is 0 Å². The summed E-state index contributed by atoms with van der Waals surface area (Å²) in [6.45, 7) is 1.63. The van der Waals surface area contributed by atoms with Gasteiger partial charge in [-0.2, -0.15) is 0 Å². The minimum absolute atomic E-state index is 0.0298. The van der Waals surface area contributed by atoms with Gasteiger partial charge in [-0.1, -0.05) is 24.3 Å². The van der Waals surface area contributed by atoms with E-state index in [1.165, 1.54) is 19.2 Å². The highest BCUT2D eigenvalue weighted by Gasteiger charge is 2.29. The van der Waals surface area contributed by atoms with Gasteiger partial charge in [0.2, 0.25) is 0 Å². The Morgan fingerprint density at radius 1 is 1.05 bits per heavy atom. The minimum Gasteiger partial charge on any atom is -0.496 e. The van der Waals surface area contributed by atoms with Gasteiger partial charge in [0.1, 0.15) is 18.1 Å². The molecule has 10 nitrogen and oxygen atoms in total. The standard InChI is InChI=1S/C31H31N3O7S/c1-19-8-3-6-13-28(19)42(38,39)34-30(36)22-11-7-12-27(40-2)29(22)25(18-35)24-17-32-26-15-14-20(16-23(24)26)33-31(37)41-21-9-4-5-10-21/h3,6-8,11-18,21,25,32H,4-5,9-10H2,1-2H3,(H,33,37)(H,34,36). The Morgan fingerprint density at radius 2 is 1.81 bits per heavy atom. The number of hydrogen-bond donors (Lipinski definition) is 3. The number of rotatable bonds is 9. The second-order valence-electron chi connectivity index (χ2n) is 10.2. The molecule has 1 heterocycles. The fraction of sp³-hybridized carbons (Fsp3) is 0.258. The largest absolute Gasteiger partial charge is 0.496 e. The van der Waals surface area contributed by atoms with E-state index < -0.39 is 27.9 Å². The van der Waals surface area contributed by atoms with Gasteiger partial charge in [-0.15, -0.1) is 0 Å². The van der Waals surface area contributed by atoms with Crippen molar-refractivity contribution in [2.45, 2.75) is 49.5 Å². The SMILES string of the molecule is COc1cccc(C(=O)NS(=O)(=O)c2ccccc2C)c1C(C=O)c1c[nH]c2ccc(NC(=O)OC3CCCC3)cc12. The number of fused-ring (bicyclic) bond motifs is 1. The number of aldehydes is 1. The minimum atomic E-state index is -4.21. The van der Waals surface area contributed by atoms with Gasteiger partial charge in [0.25, 0.3) is 15.9 Å². The molecule has 1 aromatic heterocycles. The number of aryl methyl sites for hydroxylation is 1. The van der Waals surface area contributed by atoms with Crippen molar-refractivity contribution in [2.75, 3.05) is 12.4 Å². The first-order valence-electron chi connectivity index (χ1n) is 13.6. The second-order valence-corrected chi connectivity index (χ2v) is 11.8. The first kappa shape index (κ1) is 28.9. The summed E-state index contributed by atoms with van der Waals surface area (Å²) in [4.78, 5) is 41.7. The van der Waals surface area contributed by atoms with Crippen LogP contribution in [0.3, 0.4) is 0 Å². The van der Waals surface area contributed by atoms with Crippen LogP contribution in [0.2, 0.25) is 0 Å². The summed E-state index contributed by atoms with van der Waals surface area (Å²) in [5.74, 6) is -1.69. The van der Waals surface area contributed by atoms with Gasteiger partial charge in [0.05, 0.1) is 17.9 Å². The number of aromatic nitrogens is 1. The number of benzene rings is 3. The van der Waals surface area contributed by atoms with E-state index in [0.29, 0.717) is 34.0 Å². The van der Waals surface area contributed by atoms with E-state index in [9.17, 15) is 22.8 Å². The third-order valence-electron chi connectivity index (χ3n) is 7.46. The van der Waals surface area contributed by atoms with Gasteiger partial charge in [-0.05, 0) is 80.1 Å². The van der Waals surface area contributed by atoms with Crippen molar-refractivity contribution in [3.05, 3.63) is 89.1 Å². The van der Waals surface area contributed by atoms with E-state index in [0.717, 1.165) is 25.7 Å². The molecule has 0 saturated heterocycles. The van der Waals surface area contributed by atoms with E-state index in [1.54, 1.807) is 61.7 Å². The van der Waals surface area contributed by atoms with Gasteiger partial charge in [0.15, 0.2) is 0 Å². The summed E-state index contributed by atoms with van der Waals surface area (Å²) in [7, 11) is -2.81. The average Bonchev–Trinajstić information content (AvgIpc) is 3.63. The molecule has 1 aliphatic carbocycles. The highest BCUT2D eigenvalue weighted by molar-refractivity contribution is 7.90. The number of H-pyrrole nitrogens is 1. The van der Waals surface area contributed by atoms with Crippen LogP contribution in [0.1, 0.15) is 58.6 Å². The molecule has 0 bridgehead atoms. The van der Waals surface area contributed by atoms with Crippen LogP contribution in [0.15, 0.2) is 71.8 Å². The molecule has 11 heteroatoms. The maximum absolute atomic E-state index is 13.5. The van der Waals surface area contributed by atoms with Crippen LogP contribution in [0.25, 0.3) is 10.9 Å². The van der Waals surface area contributed by atoms with E-state index >= 15 is 0 Å². The molecule has 0 spiro atoms. The molecule has 3 aromatic carbocycles. The lowest BCUT2D eigenvalue weighted by Gasteiger charge is -2.19. The Labute approximate surface area is 243 Å². The van der Waals surface area contributed by atoms with Crippen LogP contribution >= 0.6 is 0 Å². The predicted molar refractivity (Wildman–Crippen MR) is 157 cm³/mol. The van der Waals surface area contributed by atoms with Crippen molar-refractivity contribution in [3.63, 3.8) is 0 Å². The molecule has 0 radical (unpaired) electrons. The summed E-state index contributed by atoms with van der Waals surface area (Å²) >= 11 is 0. The van der Waals surface area contributed by atoms with Crippen molar-refractivity contribution < 1.29 is 32.3 Å². The van der Waals surface area contributed by atoms with E-state index in [2.05, 4.69) is 15.0 Å². The molecule has 1 unspecified atom stereocenters. The maximum Gasteiger partial charge on any atom is 0.411 e. The van der Waals surface area contributed by atoms with Crippen LogP contribution < -0.4 is 14.8 Å². The number of anilines is 1. The fourth-order valence-electron chi connectivity index (χ4n) is 5.41. The van der Waals surface area contributed by atoms with Gasteiger partial charge in [-0.3, -0.25) is 10.1 Å². The molecular formula is C31H31N3O7S. The molecule has 5 rings (SSSR count). The summed E-state index contributed by atoms with van der Waals surface area (Å²) in [5.41, 5.74) is 2.31. The van der Waals surface area contributed by atoms with E-state index in [-0.39, 0.29) is 27.9 Å². The van der Waals surface area contributed by atoms with Crippen molar-refractivity contribution in [3.8, 4) is 5.75 Å². The number of carbonyl (C=O) groups is 3. The Morgan fingerprint density at radius 3 is 2.52 bits per heavy atom. The van der Waals surface area contributed by atoms with E-state index in [4.69, 9.17) is 9.47 Å². The number of aromatic amines is 1. The number of nitrogens with one attached hydrogen (secondary N) is 3. The molecule has 42 heavy (non-hydrogen) atoms. The fourth-order valence-corrected chi connectivity index (χ4v) is 6.62. The second kappa shape index (κ2) is 12.1. The molecular weight excluding hydrogens is 558 g/mol. The summed E-state index contributed by atoms with van der Waals surface area (Å²) in [5, 5.41) is 3.37. The van der Waals surface area contributed by atoms with Gasteiger partial charge < -0.3 is 19.3 Å². The Hall–Kier alpha value is -4.64. The number of hydrogen-bond acceptors (Lipinski definition) is 7. The third-order valence-corrected chi connectivity index (χ3v) is 8.95. The third kappa shape index (κ3) is 5.87. The average molecular weight is 590 g/mol. The van der Waals surface area contributed by atoms with Crippen LogP contribution in [0.4, 0.5) is 10.5 Å². The van der Waals surface area contributed by atoms with Crippen molar-refractivity contribution >= 4 is 44.9 Å². The zero-order valence-corrected chi connectivity index (χ0v) is 24.0. The molecule has 4 aromatic rings. The highest BCUT2D eigenvalue weighted by atomic mass is 32.2. The monoisotopic (exact) mass is 589 g/mol. The Balaban J connectivity index is 1.50. The quantitative estimate of drug-likeness (QED) is 0.221. The molecule has 0 aliphatic heterocycles. The Bertz CT molecular complexity index is 1760. The number of sulfonamides is 1. The molecule has 218 valence electrons. The molecule has 1 fully saturated rings. The number of carbonyl (C=O) groups excluding carboxylic acids is 3. The molecule has 1 atom stereocenters. The van der Waals surface area contributed by atoms with Crippen molar-refractivity contribution in [1.29, 1.82) is 0 Å². The normalized spacial score (nSPS) is 14.3. The molecule has 3 N–H and O–H groups in total. The highest BCUT2D eigenvalue weighted by Crippen LogP contribution is 2.37. The lowest BCUT2D eigenvalue weighted by molar-refractivity contribution is -0.108. The van der Waals surface area contributed by atoms with Crippen LogP contribution in [0, 0.1) is 6.92 Å². The summed E-state index contributed by atoms with van der Waals surface area (Å²) < 4.78 is 39.4.